The van der Waals surface area contributed by atoms with Gasteiger partial charge in [-0.25, -0.2) is 5.43 Å². The van der Waals surface area contributed by atoms with Crippen molar-refractivity contribution in [2.45, 2.75) is 25.2 Å². The molecule has 1 saturated heterocycles. The van der Waals surface area contributed by atoms with Gasteiger partial charge in [-0.05, 0) is 36.8 Å². The molecule has 7 nitrogen and oxygen atoms in total. The summed E-state index contributed by atoms with van der Waals surface area (Å²) in [5, 5.41) is 10.7. The van der Waals surface area contributed by atoms with Crippen molar-refractivity contribution in [3.8, 4) is 16.9 Å². The molecule has 162 valence electrons. The van der Waals surface area contributed by atoms with Crippen molar-refractivity contribution >= 4 is 23.1 Å². The summed E-state index contributed by atoms with van der Waals surface area (Å²) in [4.78, 5) is 14.0. The van der Waals surface area contributed by atoms with Crippen molar-refractivity contribution in [2.75, 3.05) is 29.9 Å². The van der Waals surface area contributed by atoms with E-state index in [2.05, 4.69) is 21.2 Å². The zero-order valence-electron chi connectivity index (χ0n) is 16.6. The number of ether oxygens (including phenoxy) is 1. The number of hydrazone groups is 1. The lowest BCUT2D eigenvalue weighted by atomic mass is 9.98. The Labute approximate surface area is 176 Å². The second-order valence-corrected chi connectivity index (χ2v) is 7.78. The smallest absolute Gasteiger partial charge is 0.416 e. The third-order valence-corrected chi connectivity index (χ3v) is 5.72. The fraction of sp³-hybridized carbons (Fsp3) is 0.333. The highest BCUT2D eigenvalue weighted by Crippen LogP contribution is 2.43. The molecular formula is C21H20F3N5O2. The van der Waals surface area contributed by atoms with Gasteiger partial charge in [0.1, 0.15) is 18.4 Å². The van der Waals surface area contributed by atoms with Crippen molar-refractivity contribution in [1.29, 1.82) is 0 Å². The fourth-order valence-corrected chi connectivity index (χ4v) is 3.88. The quantitative estimate of drug-likeness (QED) is 0.697. The summed E-state index contributed by atoms with van der Waals surface area (Å²) in [6.07, 6.45) is -4.39. The van der Waals surface area contributed by atoms with E-state index in [-0.39, 0.29) is 18.6 Å². The van der Waals surface area contributed by atoms with Gasteiger partial charge in [0.05, 0.1) is 17.3 Å². The number of hydrogen-bond acceptors (Lipinski definition) is 6. The summed E-state index contributed by atoms with van der Waals surface area (Å²) < 4.78 is 44.8. The summed E-state index contributed by atoms with van der Waals surface area (Å²) in [6, 6.07) is 8.49. The van der Waals surface area contributed by atoms with Crippen molar-refractivity contribution in [2.24, 2.45) is 5.10 Å². The van der Waals surface area contributed by atoms with Gasteiger partial charge in [0, 0.05) is 24.3 Å². The van der Waals surface area contributed by atoms with Crippen LogP contribution in [-0.2, 0) is 11.0 Å². The molecule has 10 heteroatoms. The van der Waals surface area contributed by atoms with Gasteiger partial charge in [-0.3, -0.25) is 4.79 Å². The van der Waals surface area contributed by atoms with Gasteiger partial charge in [-0.2, -0.15) is 18.3 Å². The monoisotopic (exact) mass is 431 g/mol. The first-order chi connectivity index (χ1) is 14.8. The Kier molecular flexibility index (Phi) is 4.54. The number of halogens is 3. The van der Waals surface area contributed by atoms with Crippen LogP contribution >= 0.6 is 0 Å². The molecule has 0 spiro atoms. The van der Waals surface area contributed by atoms with Gasteiger partial charge in [-0.1, -0.05) is 12.1 Å². The van der Waals surface area contributed by atoms with E-state index in [1.54, 1.807) is 6.92 Å². The van der Waals surface area contributed by atoms with Crippen LogP contribution in [-0.4, -0.2) is 43.5 Å². The lowest BCUT2D eigenvalue weighted by molar-refractivity contribution is -0.137. The van der Waals surface area contributed by atoms with Gasteiger partial charge in [0.25, 0.3) is 5.91 Å². The molecule has 3 heterocycles. The number of carbonyl (C=O) groups excluding carboxylic acids is 1. The molecule has 0 aliphatic carbocycles. The highest BCUT2D eigenvalue weighted by molar-refractivity contribution is 6.10. The Morgan fingerprint density at radius 1 is 1.19 bits per heavy atom. The van der Waals surface area contributed by atoms with E-state index in [1.807, 2.05) is 17.0 Å². The number of amides is 1. The molecular weight excluding hydrogens is 411 g/mol. The Balaban J connectivity index is 1.59. The van der Waals surface area contributed by atoms with Gasteiger partial charge in [-0.15, -0.1) is 0 Å². The average molecular weight is 431 g/mol. The average Bonchev–Trinajstić information content (AvgIpc) is 2.72. The number of hydrogen-bond donors (Lipinski definition) is 3. The van der Waals surface area contributed by atoms with Crippen LogP contribution in [0.25, 0.3) is 11.1 Å². The molecule has 2 aromatic carbocycles. The summed E-state index contributed by atoms with van der Waals surface area (Å²) in [6.45, 7) is 3.54. The van der Waals surface area contributed by atoms with Crippen LogP contribution in [0.3, 0.4) is 0 Å². The minimum absolute atomic E-state index is 0.184. The molecule has 0 bridgehead atoms. The van der Waals surface area contributed by atoms with Crippen LogP contribution < -0.4 is 25.7 Å². The van der Waals surface area contributed by atoms with E-state index in [4.69, 9.17) is 4.74 Å². The second kappa shape index (κ2) is 7.16. The highest BCUT2D eigenvalue weighted by atomic mass is 19.4. The van der Waals surface area contributed by atoms with Gasteiger partial charge >= 0.3 is 6.18 Å². The zero-order valence-corrected chi connectivity index (χ0v) is 16.6. The zero-order chi connectivity index (χ0) is 21.8. The Morgan fingerprint density at radius 3 is 2.58 bits per heavy atom. The third-order valence-electron chi connectivity index (χ3n) is 5.72. The van der Waals surface area contributed by atoms with E-state index in [1.165, 1.54) is 12.1 Å². The molecule has 1 amide bonds. The number of benzene rings is 2. The number of alkyl halides is 3. The fourth-order valence-electron chi connectivity index (χ4n) is 3.88. The van der Waals surface area contributed by atoms with Crippen LogP contribution in [0.1, 0.15) is 12.5 Å². The minimum atomic E-state index is -4.39. The SMILES string of the molecule is CC1C(=O)NN=C2COc3cc(-c4ccc(C(F)(F)F)cc4)c(NC4CNC4)cc3N21. The van der Waals surface area contributed by atoms with Crippen LogP contribution in [0.5, 0.6) is 5.75 Å². The summed E-state index contributed by atoms with van der Waals surface area (Å²) in [5.74, 6) is 0.923. The molecule has 3 N–H and O–H groups in total. The van der Waals surface area contributed by atoms with Crippen molar-refractivity contribution in [3.05, 3.63) is 42.0 Å². The number of anilines is 2. The van der Waals surface area contributed by atoms with Gasteiger partial charge in [0.2, 0.25) is 0 Å². The van der Waals surface area contributed by atoms with E-state index in [9.17, 15) is 18.0 Å². The number of nitrogens with zero attached hydrogens (tertiary/aromatic N) is 2. The topological polar surface area (TPSA) is 78.0 Å². The van der Waals surface area contributed by atoms with Gasteiger partial charge in [0.15, 0.2) is 5.84 Å². The van der Waals surface area contributed by atoms with E-state index >= 15 is 0 Å². The van der Waals surface area contributed by atoms with Crippen molar-refractivity contribution in [3.63, 3.8) is 0 Å². The first-order valence-corrected chi connectivity index (χ1v) is 9.92. The standard InChI is InChI=1S/C21H20F3N5O2/c1-11-20(30)28-27-19-10-31-18-6-15(12-2-4-13(5-3-12)21(22,23)24)16(7-17(18)29(11)19)26-14-8-25-9-14/h2-7,11,14,25-26H,8-10H2,1H3,(H,28,30). The van der Waals surface area contributed by atoms with Crippen LogP contribution in [0, 0.1) is 0 Å². The predicted molar refractivity (Wildman–Crippen MR) is 110 cm³/mol. The second-order valence-electron chi connectivity index (χ2n) is 7.78. The molecule has 31 heavy (non-hydrogen) atoms. The first kappa shape index (κ1) is 19.7. The maximum Gasteiger partial charge on any atom is 0.416 e. The maximum atomic E-state index is 13.0. The molecule has 0 aromatic heterocycles. The molecule has 1 unspecified atom stereocenters. The molecule has 3 aliphatic heterocycles. The van der Waals surface area contributed by atoms with Gasteiger partial charge < -0.3 is 20.3 Å². The van der Waals surface area contributed by atoms with E-state index in [0.29, 0.717) is 22.8 Å². The van der Waals surface area contributed by atoms with Crippen LogP contribution in [0.2, 0.25) is 0 Å². The minimum Gasteiger partial charge on any atom is -0.483 e. The summed E-state index contributed by atoms with van der Waals surface area (Å²) in [5.41, 5.74) is 4.61. The van der Waals surface area contributed by atoms with Crippen LogP contribution in [0.15, 0.2) is 41.5 Å². The summed E-state index contributed by atoms with van der Waals surface area (Å²) >= 11 is 0. The maximum absolute atomic E-state index is 13.0. The number of fused-ring (bicyclic) bond motifs is 3. The molecule has 0 radical (unpaired) electrons. The molecule has 3 aliphatic rings. The lowest BCUT2D eigenvalue weighted by Crippen LogP contribution is -2.55. The number of carbonyl (C=O) groups is 1. The Morgan fingerprint density at radius 2 is 1.94 bits per heavy atom. The molecule has 0 saturated carbocycles. The Hall–Kier alpha value is -3.27. The molecule has 1 fully saturated rings. The number of amidine groups is 1. The van der Waals surface area contributed by atoms with E-state index in [0.717, 1.165) is 36.5 Å². The van der Waals surface area contributed by atoms with Crippen molar-refractivity contribution < 1.29 is 22.7 Å². The Bertz CT molecular complexity index is 1060. The highest BCUT2D eigenvalue weighted by Gasteiger charge is 2.36. The van der Waals surface area contributed by atoms with E-state index < -0.39 is 17.8 Å². The third kappa shape index (κ3) is 3.46. The normalized spacial score (nSPS) is 20.6. The molecule has 2 aromatic rings. The van der Waals surface area contributed by atoms with Crippen LogP contribution in [0.4, 0.5) is 24.5 Å². The number of rotatable bonds is 3. The van der Waals surface area contributed by atoms with Crippen molar-refractivity contribution in [1.82, 2.24) is 10.7 Å². The molecule has 1 atom stereocenters. The molecule has 5 rings (SSSR count). The lowest BCUT2D eigenvalue weighted by Gasteiger charge is -2.39. The first-order valence-electron chi connectivity index (χ1n) is 9.92. The number of nitrogens with one attached hydrogen (secondary N) is 3. The predicted octanol–water partition coefficient (Wildman–Crippen LogP) is 2.79. The largest absolute Gasteiger partial charge is 0.483 e. The summed E-state index contributed by atoms with van der Waals surface area (Å²) in [7, 11) is 0.